The Labute approximate surface area is 154 Å². The number of hydrogen-bond donors (Lipinski definition) is 0. The van der Waals surface area contributed by atoms with E-state index in [2.05, 4.69) is 0 Å². The largest absolute Gasteiger partial charge is 0.335 e. The quantitative estimate of drug-likeness (QED) is 0.601. The summed E-state index contributed by atoms with van der Waals surface area (Å²) >= 11 is 0. The Hall–Kier alpha value is -2.90. The molecule has 27 heavy (non-hydrogen) atoms. The molecule has 2 aromatic carbocycles. The van der Waals surface area contributed by atoms with Crippen LogP contribution < -0.4 is 0 Å². The van der Waals surface area contributed by atoms with Crippen molar-refractivity contribution in [2.75, 3.05) is 13.1 Å². The van der Waals surface area contributed by atoms with Gasteiger partial charge in [-0.1, -0.05) is 18.2 Å². The van der Waals surface area contributed by atoms with Crippen LogP contribution in [0.1, 0.15) is 18.4 Å². The molecule has 0 bridgehead atoms. The van der Waals surface area contributed by atoms with Gasteiger partial charge in [0, 0.05) is 24.3 Å². The maximum atomic E-state index is 13.4. The molecule has 1 atom stereocenters. The van der Waals surface area contributed by atoms with E-state index < -0.39 is 17.7 Å². The van der Waals surface area contributed by atoms with Crippen molar-refractivity contribution in [3.63, 3.8) is 0 Å². The van der Waals surface area contributed by atoms with Crippen molar-refractivity contribution < 1.29 is 22.9 Å². The van der Waals surface area contributed by atoms with E-state index in [1.165, 1.54) is 11.0 Å². The lowest BCUT2D eigenvalue weighted by atomic mass is 10.0. The number of nitro groups is 1. The molecule has 144 valence electrons. The highest BCUT2D eigenvalue weighted by Gasteiger charge is 2.32. The number of likely N-dealkylation sites (tertiary alicyclic amines) is 1. The molecule has 0 N–H and O–H groups in total. The van der Waals surface area contributed by atoms with Crippen LogP contribution >= 0.6 is 0 Å². The minimum atomic E-state index is -0.696. The summed E-state index contributed by atoms with van der Waals surface area (Å²) in [5, 5.41) is 10.7. The number of rotatable bonds is 4. The normalized spacial score (nSPS) is 16.5. The molecule has 1 saturated heterocycles. The van der Waals surface area contributed by atoms with E-state index in [4.69, 9.17) is 0 Å². The third-order valence-corrected chi connectivity index (χ3v) is 4.19. The van der Waals surface area contributed by atoms with E-state index in [1.54, 1.807) is 18.2 Å². The van der Waals surface area contributed by atoms with Crippen LogP contribution in [-0.4, -0.2) is 34.9 Å². The summed E-state index contributed by atoms with van der Waals surface area (Å²) in [6.45, 7) is 0.449. The fraction of sp³-hybridized carbons (Fsp3) is 0.316. The van der Waals surface area contributed by atoms with Gasteiger partial charge in [0.05, 0.1) is 6.54 Å². The lowest BCUT2D eigenvalue weighted by Crippen LogP contribution is -2.46. The summed E-state index contributed by atoms with van der Waals surface area (Å²) in [4.78, 5) is 23.5. The van der Waals surface area contributed by atoms with Crippen LogP contribution in [0.25, 0.3) is 0 Å². The fourth-order valence-corrected chi connectivity index (χ4v) is 2.67. The Morgan fingerprint density at radius 3 is 2.19 bits per heavy atom. The Balaban J connectivity index is 0.000000273. The topological polar surface area (TPSA) is 63.4 Å². The zero-order valence-corrected chi connectivity index (χ0v) is 14.5. The van der Waals surface area contributed by atoms with Gasteiger partial charge in [-0.2, -0.15) is 0 Å². The molecular formula is C19H19F3N2O3. The van der Waals surface area contributed by atoms with Crippen molar-refractivity contribution in [3.8, 4) is 0 Å². The third kappa shape index (κ3) is 6.40. The van der Waals surface area contributed by atoms with E-state index in [0.29, 0.717) is 24.9 Å². The number of nitrogens with zero attached hydrogens (tertiary/aromatic N) is 2. The van der Waals surface area contributed by atoms with E-state index >= 15 is 0 Å². The van der Waals surface area contributed by atoms with Crippen LogP contribution in [-0.2, 0) is 11.2 Å². The zero-order valence-electron chi connectivity index (χ0n) is 14.5. The van der Waals surface area contributed by atoms with Crippen molar-refractivity contribution in [1.29, 1.82) is 0 Å². The van der Waals surface area contributed by atoms with Gasteiger partial charge in [-0.3, -0.25) is 14.9 Å². The predicted molar refractivity (Wildman–Crippen MR) is 93.1 cm³/mol. The molecule has 3 rings (SSSR count). The summed E-state index contributed by atoms with van der Waals surface area (Å²) in [7, 11) is 0. The van der Waals surface area contributed by atoms with Crippen LogP contribution in [0.3, 0.4) is 0 Å². The van der Waals surface area contributed by atoms with Crippen molar-refractivity contribution >= 4 is 5.91 Å². The van der Waals surface area contributed by atoms with Gasteiger partial charge in [-0.25, -0.2) is 13.2 Å². The number of carbonyl (C=O) groups excluding carboxylic acids is 1. The number of carbonyl (C=O) groups is 1. The molecule has 5 nitrogen and oxygen atoms in total. The van der Waals surface area contributed by atoms with Gasteiger partial charge in [-0.05, 0) is 42.3 Å². The first-order chi connectivity index (χ1) is 12.9. The van der Waals surface area contributed by atoms with E-state index in [-0.39, 0.29) is 29.6 Å². The molecule has 1 aliphatic rings. The molecule has 2 aromatic rings. The van der Waals surface area contributed by atoms with Crippen LogP contribution in [0.4, 0.5) is 13.2 Å². The second-order valence-electron chi connectivity index (χ2n) is 6.10. The Morgan fingerprint density at radius 1 is 1.04 bits per heavy atom. The van der Waals surface area contributed by atoms with E-state index in [0.717, 1.165) is 24.3 Å². The number of benzene rings is 2. The molecule has 1 fully saturated rings. The summed E-state index contributed by atoms with van der Waals surface area (Å²) in [6, 6.07) is 9.99. The molecule has 0 spiro atoms. The van der Waals surface area contributed by atoms with E-state index in [9.17, 15) is 28.1 Å². The third-order valence-electron chi connectivity index (χ3n) is 4.19. The maximum absolute atomic E-state index is 13.4. The Bertz CT molecular complexity index is 763. The van der Waals surface area contributed by atoms with Crippen molar-refractivity contribution in [1.82, 2.24) is 4.90 Å². The zero-order chi connectivity index (χ0) is 19.8. The van der Waals surface area contributed by atoms with Gasteiger partial charge in [0.25, 0.3) is 0 Å². The van der Waals surface area contributed by atoms with Gasteiger partial charge < -0.3 is 4.90 Å². The molecule has 1 amide bonds. The van der Waals surface area contributed by atoms with Crippen LogP contribution in [0.15, 0.2) is 48.5 Å². The molecule has 0 aromatic heterocycles. The van der Waals surface area contributed by atoms with Crippen molar-refractivity contribution in [2.45, 2.75) is 25.3 Å². The second kappa shape index (κ2) is 9.70. The monoisotopic (exact) mass is 380 g/mol. The summed E-state index contributed by atoms with van der Waals surface area (Å²) < 4.78 is 37.3. The molecule has 0 saturated carbocycles. The molecule has 0 unspecified atom stereocenters. The average Bonchev–Trinajstić information content (AvgIpc) is 2.65. The smallest absolute Gasteiger partial charge is 0.230 e. The molecule has 0 radical (unpaired) electrons. The number of hydrogen-bond acceptors (Lipinski definition) is 3. The Kier molecular flexibility index (Phi) is 7.34. The highest BCUT2D eigenvalue weighted by molar-refractivity contribution is 5.77. The highest BCUT2D eigenvalue weighted by atomic mass is 19.1. The van der Waals surface area contributed by atoms with Gasteiger partial charge in [0.1, 0.15) is 17.5 Å². The minimum Gasteiger partial charge on any atom is -0.335 e. The van der Waals surface area contributed by atoms with Crippen LogP contribution in [0.2, 0.25) is 0 Å². The van der Waals surface area contributed by atoms with Crippen molar-refractivity contribution in [3.05, 3.63) is 81.7 Å². The number of piperidine rings is 1. The second-order valence-corrected chi connectivity index (χ2v) is 6.10. The van der Waals surface area contributed by atoms with Gasteiger partial charge in [0.2, 0.25) is 11.9 Å². The SMILES string of the molecule is Fc1ccc(F)cc1.O=C1CC[C@H]([N+](=O)[O-])CN1CCc1ccccc1F. The summed E-state index contributed by atoms with van der Waals surface area (Å²) in [5.74, 6) is -1.22. The lowest BCUT2D eigenvalue weighted by molar-refractivity contribution is -0.524. The first-order valence-corrected chi connectivity index (χ1v) is 8.42. The molecule has 8 heteroatoms. The standard InChI is InChI=1S/C13H15FN2O3.C6H4F2/c14-12-4-2-1-3-10(12)7-8-15-9-11(16(18)19)5-6-13(15)17;7-5-1-2-6(8)4-3-5/h1-4,11H,5-9H2;1-4H/t11-;/m0./s1. The first-order valence-electron chi connectivity index (χ1n) is 8.42. The van der Waals surface area contributed by atoms with Gasteiger partial charge >= 0.3 is 0 Å². The summed E-state index contributed by atoms with van der Waals surface area (Å²) in [6.07, 6.45) is 0.869. The molecule has 1 aliphatic heterocycles. The van der Waals surface area contributed by atoms with Crippen LogP contribution in [0.5, 0.6) is 0 Å². The van der Waals surface area contributed by atoms with Crippen molar-refractivity contribution in [2.24, 2.45) is 0 Å². The molecular weight excluding hydrogens is 361 g/mol. The average molecular weight is 380 g/mol. The summed E-state index contributed by atoms with van der Waals surface area (Å²) in [5.41, 5.74) is 0.526. The Morgan fingerprint density at radius 2 is 1.63 bits per heavy atom. The molecule has 0 aliphatic carbocycles. The number of halogens is 3. The first kappa shape index (κ1) is 20.4. The van der Waals surface area contributed by atoms with Gasteiger partial charge in [-0.15, -0.1) is 0 Å². The van der Waals surface area contributed by atoms with E-state index in [1.807, 2.05) is 0 Å². The maximum Gasteiger partial charge on any atom is 0.230 e. The minimum absolute atomic E-state index is 0.0885. The predicted octanol–water partition coefficient (Wildman–Crippen LogP) is 3.60. The molecule has 1 heterocycles. The lowest BCUT2D eigenvalue weighted by Gasteiger charge is -2.28. The number of amides is 1. The van der Waals surface area contributed by atoms with Crippen LogP contribution in [0, 0.1) is 27.6 Å². The highest BCUT2D eigenvalue weighted by Crippen LogP contribution is 2.15. The fourth-order valence-electron chi connectivity index (χ4n) is 2.67. The van der Waals surface area contributed by atoms with Gasteiger partial charge in [0.15, 0.2) is 0 Å².